The summed E-state index contributed by atoms with van der Waals surface area (Å²) in [7, 11) is 0. The molecule has 4 aromatic rings. The van der Waals surface area contributed by atoms with Crippen LogP contribution in [0.1, 0.15) is 31.4 Å². The highest BCUT2D eigenvalue weighted by Gasteiger charge is 2.44. The molecule has 2 aliphatic heterocycles. The molecule has 0 saturated carbocycles. The Labute approximate surface area is 235 Å². The van der Waals surface area contributed by atoms with Gasteiger partial charge in [-0.3, -0.25) is 14.4 Å². The average molecular weight is 531 g/mol. The van der Waals surface area contributed by atoms with Crippen molar-refractivity contribution in [2.24, 2.45) is 0 Å². The Balaban J connectivity index is 1.18. The third-order valence-electron chi connectivity index (χ3n) is 8.16. The number of aryl methyl sites for hydroxylation is 1. The second kappa shape index (κ2) is 10.7. The van der Waals surface area contributed by atoms with Crippen LogP contribution >= 0.6 is 0 Å². The zero-order valence-corrected chi connectivity index (χ0v) is 23.1. The largest absolute Gasteiger partial charge is 0.314 e. The van der Waals surface area contributed by atoms with Crippen LogP contribution in [0.4, 0.5) is 11.4 Å². The Morgan fingerprint density at radius 1 is 0.900 bits per heavy atom. The van der Waals surface area contributed by atoms with Gasteiger partial charge in [0, 0.05) is 50.2 Å². The molecule has 1 aromatic heterocycles. The minimum Gasteiger partial charge on any atom is -0.314 e. The lowest BCUT2D eigenvalue weighted by Gasteiger charge is -2.26. The highest BCUT2D eigenvalue weighted by atomic mass is 16.2. The molecule has 7 nitrogen and oxygen atoms in total. The summed E-state index contributed by atoms with van der Waals surface area (Å²) in [5, 5.41) is 17.1. The number of rotatable bonds is 7. The van der Waals surface area contributed by atoms with E-state index >= 15 is 0 Å². The van der Waals surface area contributed by atoms with Crippen molar-refractivity contribution in [1.82, 2.24) is 20.0 Å². The van der Waals surface area contributed by atoms with Crippen molar-refractivity contribution >= 4 is 17.3 Å². The molecule has 7 heteroatoms. The molecule has 6 rings (SSSR count). The Hall–Kier alpha value is -4.25. The van der Waals surface area contributed by atoms with Crippen LogP contribution in [0.15, 0.2) is 79.1 Å². The summed E-state index contributed by atoms with van der Waals surface area (Å²) < 4.78 is 2.05. The summed E-state index contributed by atoms with van der Waals surface area (Å²) in [5.41, 5.74) is 7.04. The number of aromatic nitrogens is 2. The summed E-state index contributed by atoms with van der Waals surface area (Å²) in [6.07, 6.45) is 5.18. The van der Waals surface area contributed by atoms with E-state index in [4.69, 9.17) is 5.26 Å². The quantitative estimate of drug-likeness (QED) is 0.349. The molecule has 1 fully saturated rings. The lowest BCUT2D eigenvalue weighted by Crippen LogP contribution is -2.43. The number of carbonyl (C=O) groups excluding carboxylic acids is 1. The highest BCUT2D eigenvalue weighted by molar-refractivity contribution is 6.12. The number of anilines is 2. The zero-order chi connectivity index (χ0) is 27.7. The predicted octanol–water partition coefficient (Wildman–Crippen LogP) is 5.34. The van der Waals surface area contributed by atoms with Gasteiger partial charge < -0.3 is 10.2 Å². The first-order valence-electron chi connectivity index (χ1n) is 14.0. The van der Waals surface area contributed by atoms with Crippen LogP contribution < -0.4 is 10.2 Å². The van der Waals surface area contributed by atoms with E-state index in [1.54, 1.807) is 17.0 Å². The summed E-state index contributed by atoms with van der Waals surface area (Å²) in [6, 6.07) is 24.1. The van der Waals surface area contributed by atoms with E-state index in [0.717, 1.165) is 84.9 Å². The van der Waals surface area contributed by atoms with Gasteiger partial charge >= 0.3 is 0 Å². The maximum atomic E-state index is 13.5. The van der Waals surface area contributed by atoms with Crippen molar-refractivity contribution in [2.75, 3.05) is 37.6 Å². The topological polar surface area (TPSA) is 77.2 Å². The van der Waals surface area contributed by atoms with Gasteiger partial charge in [0.2, 0.25) is 5.91 Å². The fourth-order valence-corrected chi connectivity index (χ4v) is 5.74. The fourth-order valence-electron chi connectivity index (χ4n) is 5.74. The molecule has 0 bridgehead atoms. The normalized spacial score (nSPS) is 16.6. The molecule has 3 heterocycles. The maximum Gasteiger partial charge on any atom is 0.241 e. The highest BCUT2D eigenvalue weighted by Crippen LogP contribution is 2.46. The molecule has 0 unspecified atom stereocenters. The van der Waals surface area contributed by atoms with Gasteiger partial charge in [0.25, 0.3) is 0 Å². The monoisotopic (exact) mass is 530 g/mol. The first-order chi connectivity index (χ1) is 19.4. The standard InChI is InChI=1S/C33H34N6O/c1-33(2)30-20-27(10-13-31(30)39(32(33)40)29-11-4-24(21-34)5-12-29)25-6-8-26(9-7-25)28-22-36-38(23-28)17-3-16-37-18-14-35-15-19-37/h4-13,20,22-23,35H,3,14-19H2,1-2H3. The smallest absolute Gasteiger partial charge is 0.241 e. The summed E-state index contributed by atoms with van der Waals surface area (Å²) in [5.74, 6) is 0.0321. The van der Waals surface area contributed by atoms with Gasteiger partial charge in [0.05, 0.1) is 28.9 Å². The van der Waals surface area contributed by atoms with Gasteiger partial charge in [0.15, 0.2) is 0 Å². The van der Waals surface area contributed by atoms with Crippen LogP contribution in [-0.2, 0) is 16.8 Å². The second-order valence-electron chi connectivity index (χ2n) is 11.2. The Morgan fingerprint density at radius 2 is 1.57 bits per heavy atom. The Morgan fingerprint density at radius 3 is 2.27 bits per heavy atom. The molecule has 1 saturated heterocycles. The van der Waals surface area contributed by atoms with E-state index in [9.17, 15) is 4.79 Å². The number of hydrogen-bond donors (Lipinski definition) is 1. The molecule has 1 amide bonds. The molecule has 40 heavy (non-hydrogen) atoms. The van der Waals surface area contributed by atoms with Gasteiger partial charge in [-0.25, -0.2) is 0 Å². The minimum atomic E-state index is -0.654. The summed E-state index contributed by atoms with van der Waals surface area (Å²) in [4.78, 5) is 17.8. The number of hydrogen-bond acceptors (Lipinski definition) is 5. The molecule has 2 aliphatic rings. The SMILES string of the molecule is CC1(C)C(=O)N(c2ccc(C#N)cc2)c2ccc(-c3ccc(-c4cnn(CCCN5CCNCC5)c4)cc3)cc21. The third kappa shape index (κ3) is 4.92. The number of amides is 1. The predicted molar refractivity (Wildman–Crippen MR) is 158 cm³/mol. The van der Waals surface area contributed by atoms with Gasteiger partial charge in [-0.05, 0) is 85.5 Å². The van der Waals surface area contributed by atoms with E-state index < -0.39 is 5.41 Å². The lowest BCUT2D eigenvalue weighted by molar-refractivity contribution is -0.121. The third-order valence-corrected chi connectivity index (χ3v) is 8.16. The maximum absolute atomic E-state index is 13.5. The van der Waals surface area contributed by atoms with Crippen molar-refractivity contribution in [3.05, 3.63) is 90.3 Å². The molecule has 0 aliphatic carbocycles. The van der Waals surface area contributed by atoms with Crippen LogP contribution in [0.25, 0.3) is 22.3 Å². The van der Waals surface area contributed by atoms with E-state index in [1.807, 2.05) is 42.9 Å². The molecular formula is C33H34N6O. The molecule has 1 N–H and O–H groups in total. The summed E-state index contributed by atoms with van der Waals surface area (Å²) >= 11 is 0. The van der Waals surface area contributed by atoms with Crippen molar-refractivity contribution in [1.29, 1.82) is 5.26 Å². The molecule has 0 atom stereocenters. The van der Waals surface area contributed by atoms with Gasteiger partial charge in [-0.15, -0.1) is 0 Å². The Bertz CT molecular complexity index is 1560. The number of nitrogens with zero attached hydrogens (tertiary/aromatic N) is 5. The zero-order valence-electron chi connectivity index (χ0n) is 23.1. The van der Waals surface area contributed by atoms with Crippen LogP contribution in [0.2, 0.25) is 0 Å². The average Bonchev–Trinajstić information content (AvgIpc) is 3.54. The first-order valence-corrected chi connectivity index (χ1v) is 14.0. The van der Waals surface area contributed by atoms with E-state index in [0.29, 0.717) is 5.56 Å². The van der Waals surface area contributed by atoms with Crippen LogP contribution in [0, 0.1) is 11.3 Å². The van der Waals surface area contributed by atoms with Gasteiger partial charge in [0.1, 0.15) is 0 Å². The van der Waals surface area contributed by atoms with Crippen LogP contribution in [0.3, 0.4) is 0 Å². The Kier molecular flexibility index (Phi) is 6.97. The molecule has 0 radical (unpaired) electrons. The number of nitriles is 1. The van der Waals surface area contributed by atoms with Gasteiger partial charge in [-0.2, -0.15) is 10.4 Å². The molecule has 202 valence electrons. The van der Waals surface area contributed by atoms with Crippen molar-refractivity contribution < 1.29 is 4.79 Å². The van der Waals surface area contributed by atoms with Crippen LogP contribution in [0.5, 0.6) is 0 Å². The summed E-state index contributed by atoms with van der Waals surface area (Å²) in [6.45, 7) is 10.4. The minimum absolute atomic E-state index is 0.0321. The van der Waals surface area contributed by atoms with Crippen LogP contribution in [-0.4, -0.2) is 53.3 Å². The molecule has 0 spiro atoms. The molecule has 3 aromatic carbocycles. The fraction of sp³-hybridized carbons (Fsp3) is 0.303. The number of nitrogens with one attached hydrogen (secondary N) is 1. The first kappa shape index (κ1) is 26.0. The number of carbonyl (C=O) groups is 1. The molecular weight excluding hydrogens is 496 g/mol. The van der Waals surface area contributed by atoms with Crippen molar-refractivity contribution in [2.45, 2.75) is 32.2 Å². The second-order valence-corrected chi connectivity index (χ2v) is 11.2. The van der Waals surface area contributed by atoms with E-state index in [2.05, 4.69) is 64.0 Å². The number of fused-ring (bicyclic) bond motifs is 1. The van der Waals surface area contributed by atoms with E-state index in [-0.39, 0.29) is 5.91 Å². The van der Waals surface area contributed by atoms with Gasteiger partial charge in [-0.1, -0.05) is 30.3 Å². The number of benzene rings is 3. The lowest BCUT2D eigenvalue weighted by atomic mass is 9.84. The van der Waals surface area contributed by atoms with E-state index in [1.165, 1.54) is 0 Å². The van der Waals surface area contributed by atoms with Crippen molar-refractivity contribution in [3.63, 3.8) is 0 Å². The van der Waals surface area contributed by atoms with Crippen molar-refractivity contribution in [3.8, 4) is 28.3 Å². The number of piperazine rings is 1.